The zero-order valence-electron chi connectivity index (χ0n) is 9.58. The standard InChI is InChI=1S/C12H16N2O2S/c15-10(11-3-1-2-5-16-11)7-9-8-14-4-6-17-12(14)13-9/h4,6,8,10-11,15H,1-3,5,7H2. The molecule has 2 atom stereocenters. The fourth-order valence-corrected chi connectivity index (χ4v) is 3.01. The topological polar surface area (TPSA) is 46.8 Å². The highest BCUT2D eigenvalue weighted by atomic mass is 32.1. The normalized spacial score (nSPS) is 23.0. The lowest BCUT2D eigenvalue weighted by Crippen LogP contribution is -2.33. The van der Waals surface area contributed by atoms with Crippen molar-refractivity contribution in [3.63, 3.8) is 0 Å². The van der Waals surface area contributed by atoms with Crippen LogP contribution in [-0.4, -0.2) is 33.3 Å². The maximum atomic E-state index is 10.1. The summed E-state index contributed by atoms with van der Waals surface area (Å²) in [4.78, 5) is 5.46. The third kappa shape index (κ3) is 2.36. The van der Waals surface area contributed by atoms with E-state index in [9.17, 15) is 5.11 Å². The molecular weight excluding hydrogens is 236 g/mol. The molecule has 3 heterocycles. The van der Waals surface area contributed by atoms with Crippen molar-refractivity contribution in [2.45, 2.75) is 37.9 Å². The number of rotatable bonds is 3. The molecule has 5 heteroatoms. The minimum absolute atomic E-state index is 0.0107. The highest BCUT2D eigenvalue weighted by Crippen LogP contribution is 2.19. The zero-order valence-corrected chi connectivity index (χ0v) is 10.4. The summed E-state index contributed by atoms with van der Waals surface area (Å²) in [6.45, 7) is 0.778. The minimum Gasteiger partial charge on any atom is -0.390 e. The van der Waals surface area contributed by atoms with Crippen LogP contribution in [0.4, 0.5) is 0 Å². The largest absolute Gasteiger partial charge is 0.390 e. The zero-order chi connectivity index (χ0) is 11.7. The number of imidazole rings is 1. The molecule has 0 bridgehead atoms. The van der Waals surface area contributed by atoms with Crippen LogP contribution < -0.4 is 0 Å². The molecule has 0 amide bonds. The molecule has 1 N–H and O–H groups in total. The number of aromatic nitrogens is 2. The number of fused-ring (bicyclic) bond motifs is 1. The Labute approximate surface area is 104 Å². The number of aliphatic hydroxyl groups is 1. The third-order valence-electron chi connectivity index (χ3n) is 3.21. The Bertz CT molecular complexity index is 459. The quantitative estimate of drug-likeness (QED) is 0.907. The van der Waals surface area contributed by atoms with Gasteiger partial charge in [-0.25, -0.2) is 4.98 Å². The van der Waals surface area contributed by atoms with Crippen LogP contribution >= 0.6 is 11.3 Å². The van der Waals surface area contributed by atoms with E-state index in [4.69, 9.17) is 4.74 Å². The highest BCUT2D eigenvalue weighted by Gasteiger charge is 2.23. The van der Waals surface area contributed by atoms with Crippen molar-refractivity contribution in [1.29, 1.82) is 0 Å². The predicted molar refractivity (Wildman–Crippen MR) is 66.4 cm³/mol. The van der Waals surface area contributed by atoms with Gasteiger partial charge in [0.2, 0.25) is 0 Å². The summed E-state index contributed by atoms with van der Waals surface area (Å²) >= 11 is 1.61. The van der Waals surface area contributed by atoms with E-state index in [1.165, 1.54) is 0 Å². The van der Waals surface area contributed by atoms with Gasteiger partial charge in [-0.3, -0.25) is 4.40 Å². The maximum Gasteiger partial charge on any atom is 0.193 e. The first-order chi connectivity index (χ1) is 8.33. The molecule has 17 heavy (non-hydrogen) atoms. The number of ether oxygens (including phenoxy) is 1. The molecule has 0 aromatic carbocycles. The van der Waals surface area contributed by atoms with E-state index < -0.39 is 6.10 Å². The molecule has 1 fully saturated rings. The molecule has 0 spiro atoms. The van der Waals surface area contributed by atoms with Gasteiger partial charge in [0.05, 0.1) is 17.9 Å². The fourth-order valence-electron chi connectivity index (χ4n) is 2.29. The molecule has 0 radical (unpaired) electrons. The van der Waals surface area contributed by atoms with E-state index in [0.717, 1.165) is 36.5 Å². The summed E-state index contributed by atoms with van der Waals surface area (Å²) < 4.78 is 7.58. The van der Waals surface area contributed by atoms with E-state index in [-0.39, 0.29) is 6.10 Å². The Morgan fingerprint density at radius 2 is 2.53 bits per heavy atom. The van der Waals surface area contributed by atoms with Crippen molar-refractivity contribution in [2.24, 2.45) is 0 Å². The van der Waals surface area contributed by atoms with Gasteiger partial charge in [-0.2, -0.15) is 0 Å². The Kier molecular flexibility index (Phi) is 3.13. The molecule has 2 unspecified atom stereocenters. The van der Waals surface area contributed by atoms with Crippen LogP contribution in [0.3, 0.4) is 0 Å². The molecule has 1 aliphatic heterocycles. The van der Waals surface area contributed by atoms with Gasteiger partial charge in [0.15, 0.2) is 4.96 Å². The minimum atomic E-state index is -0.431. The highest BCUT2D eigenvalue weighted by molar-refractivity contribution is 7.15. The summed E-state index contributed by atoms with van der Waals surface area (Å²) in [5, 5.41) is 12.1. The molecule has 3 rings (SSSR count). The fraction of sp³-hybridized carbons (Fsp3) is 0.583. The second-order valence-corrected chi connectivity index (χ2v) is 5.37. The summed E-state index contributed by atoms with van der Waals surface area (Å²) in [7, 11) is 0. The average molecular weight is 252 g/mol. The molecule has 1 aliphatic rings. The predicted octanol–water partition coefficient (Wildman–Crippen LogP) is 1.87. The molecule has 0 saturated carbocycles. The van der Waals surface area contributed by atoms with Gasteiger partial charge in [0, 0.05) is 30.8 Å². The number of thiazole rings is 1. The first-order valence-corrected chi connectivity index (χ1v) is 6.91. The smallest absolute Gasteiger partial charge is 0.193 e. The summed E-state index contributed by atoms with van der Waals surface area (Å²) in [5.41, 5.74) is 0.943. The number of hydrogen-bond donors (Lipinski definition) is 1. The molecule has 0 aliphatic carbocycles. The second kappa shape index (κ2) is 4.76. The van der Waals surface area contributed by atoms with Crippen molar-refractivity contribution < 1.29 is 9.84 Å². The van der Waals surface area contributed by atoms with Crippen LogP contribution in [0.2, 0.25) is 0 Å². The lowest BCUT2D eigenvalue weighted by Gasteiger charge is -2.26. The number of hydrogen-bond acceptors (Lipinski definition) is 4. The molecular formula is C12H16N2O2S. The lowest BCUT2D eigenvalue weighted by atomic mass is 10.0. The second-order valence-electron chi connectivity index (χ2n) is 4.50. The van der Waals surface area contributed by atoms with Crippen molar-refractivity contribution in [2.75, 3.05) is 6.61 Å². The van der Waals surface area contributed by atoms with Gasteiger partial charge in [-0.05, 0) is 19.3 Å². The van der Waals surface area contributed by atoms with Crippen LogP contribution in [0.1, 0.15) is 25.0 Å². The lowest BCUT2D eigenvalue weighted by molar-refractivity contribution is -0.0613. The van der Waals surface area contributed by atoms with Crippen LogP contribution in [-0.2, 0) is 11.2 Å². The van der Waals surface area contributed by atoms with Crippen molar-refractivity contribution >= 4 is 16.3 Å². The van der Waals surface area contributed by atoms with Crippen molar-refractivity contribution in [3.05, 3.63) is 23.5 Å². The van der Waals surface area contributed by atoms with Crippen molar-refractivity contribution in [1.82, 2.24) is 9.38 Å². The Morgan fingerprint density at radius 1 is 1.59 bits per heavy atom. The van der Waals surface area contributed by atoms with Crippen LogP contribution in [0.25, 0.3) is 4.96 Å². The Hall–Kier alpha value is -0.910. The van der Waals surface area contributed by atoms with Gasteiger partial charge in [-0.1, -0.05) is 0 Å². The summed E-state index contributed by atoms with van der Waals surface area (Å²) in [6.07, 6.45) is 7.34. The first kappa shape index (κ1) is 11.2. The molecule has 2 aromatic heterocycles. The molecule has 1 saturated heterocycles. The molecule has 2 aromatic rings. The van der Waals surface area contributed by atoms with Gasteiger partial charge < -0.3 is 9.84 Å². The average Bonchev–Trinajstić information content (AvgIpc) is 2.90. The van der Waals surface area contributed by atoms with Crippen LogP contribution in [0.15, 0.2) is 17.8 Å². The van der Waals surface area contributed by atoms with Crippen molar-refractivity contribution in [3.8, 4) is 0 Å². The third-order valence-corrected chi connectivity index (χ3v) is 3.98. The monoisotopic (exact) mass is 252 g/mol. The molecule has 4 nitrogen and oxygen atoms in total. The van der Waals surface area contributed by atoms with Crippen LogP contribution in [0, 0.1) is 0 Å². The van der Waals surface area contributed by atoms with E-state index in [0.29, 0.717) is 6.42 Å². The summed E-state index contributed by atoms with van der Waals surface area (Å²) in [6, 6.07) is 0. The van der Waals surface area contributed by atoms with E-state index in [1.54, 1.807) is 11.3 Å². The Balaban J connectivity index is 1.67. The van der Waals surface area contributed by atoms with Gasteiger partial charge in [0.1, 0.15) is 0 Å². The van der Waals surface area contributed by atoms with E-state index in [1.807, 2.05) is 22.2 Å². The van der Waals surface area contributed by atoms with Gasteiger partial charge in [0.25, 0.3) is 0 Å². The summed E-state index contributed by atoms with van der Waals surface area (Å²) in [5.74, 6) is 0. The molecule has 92 valence electrons. The van der Waals surface area contributed by atoms with E-state index >= 15 is 0 Å². The maximum absolute atomic E-state index is 10.1. The number of aliphatic hydroxyl groups excluding tert-OH is 1. The van der Waals surface area contributed by atoms with Crippen LogP contribution in [0.5, 0.6) is 0 Å². The van der Waals surface area contributed by atoms with Gasteiger partial charge in [-0.15, -0.1) is 11.3 Å². The Morgan fingerprint density at radius 3 is 3.29 bits per heavy atom. The first-order valence-electron chi connectivity index (χ1n) is 6.04. The van der Waals surface area contributed by atoms with E-state index in [2.05, 4.69) is 4.98 Å². The number of nitrogens with zero attached hydrogens (tertiary/aromatic N) is 2. The SMILES string of the molecule is OC(Cc1cn2ccsc2n1)C1CCCCO1. The van der Waals surface area contributed by atoms with Gasteiger partial charge >= 0.3 is 0 Å².